The Bertz CT molecular complexity index is 608. The van der Waals surface area contributed by atoms with Gasteiger partial charge in [0.1, 0.15) is 0 Å². The van der Waals surface area contributed by atoms with Crippen LogP contribution in [0.25, 0.3) is 0 Å². The molecule has 5 nitrogen and oxygen atoms in total. The Morgan fingerprint density at radius 3 is 2.37 bits per heavy atom. The predicted molar refractivity (Wildman–Crippen MR) is 110 cm³/mol. The summed E-state index contributed by atoms with van der Waals surface area (Å²) in [6, 6.07) is 8.74. The van der Waals surface area contributed by atoms with Gasteiger partial charge in [-0.2, -0.15) is 0 Å². The fraction of sp³-hybridized carbons (Fsp3) is 0.619. The van der Waals surface area contributed by atoms with E-state index in [2.05, 4.69) is 22.9 Å². The number of hydrogen-bond donors (Lipinski definition) is 3. The first-order chi connectivity index (χ1) is 12.6. The minimum atomic E-state index is -0.0328. The number of halogens is 1. The van der Waals surface area contributed by atoms with E-state index in [9.17, 15) is 9.59 Å². The largest absolute Gasteiger partial charge is 0.352 e. The molecule has 2 aliphatic rings. The van der Waals surface area contributed by atoms with Gasteiger partial charge in [-0.15, -0.1) is 12.4 Å². The van der Waals surface area contributed by atoms with Crippen LogP contribution in [0.2, 0.25) is 0 Å². The summed E-state index contributed by atoms with van der Waals surface area (Å²) >= 11 is 0. The quantitative estimate of drug-likeness (QED) is 0.594. The molecule has 0 aliphatic carbocycles. The first-order valence-electron chi connectivity index (χ1n) is 10.0. The molecular weight excluding hydrogens is 362 g/mol. The van der Waals surface area contributed by atoms with E-state index in [1.165, 1.54) is 12.8 Å². The topological polar surface area (TPSA) is 70.2 Å². The van der Waals surface area contributed by atoms with Gasteiger partial charge in [0, 0.05) is 37.2 Å². The number of benzene rings is 1. The number of rotatable bonds is 8. The minimum absolute atomic E-state index is 0. The molecule has 2 saturated heterocycles. The monoisotopic (exact) mass is 393 g/mol. The van der Waals surface area contributed by atoms with Crippen molar-refractivity contribution >= 4 is 24.2 Å². The number of unbranched alkanes of at least 4 members (excludes halogenated alkanes) is 1. The number of carbonyl (C=O) groups excluding carboxylic acids is 2. The van der Waals surface area contributed by atoms with Crippen molar-refractivity contribution in [3.8, 4) is 0 Å². The molecule has 3 N–H and O–H groups in total. The molecule has 2 heterocycles. The van der Waals surface area contributed by atoms with Gasteiger partial charge in [0.05, 0.1) is 0 Å². The van der Waals surface area contributed by atoms with Gasteiger partial charge in [-0.3, -0.25) is 9.59 Å². The van der Waals surface area contributed by atoms with Crippen molar-refractivity contribution in [1.82, 2.24) is 16.0 Å². The second-order valence-electron chi connectivity index (χ2n) is 7.76. The van der Waals surface area contributed by atoms with Crippen LogP contribution in [0.1, 0.15) is 67.8 Å². The Morgan fingerprint density at radius 1 is 1.07 bits per heavy atom. The highest BCUT2D eigenvalue weighted by Crippen LogP contribution is 2.32. The molecule has 27 heavy (non-hydrogen) atoms. The van der Waals surface area contributed by atoms with Crippen molar-refractivity contribution in [2.75, 3.05) is 6.54 Å². The standard InChI is InChI=1S/C21H31N3O2.ClH/c1-2-3-10-22-21(26)17-6-4-15(5-7-17)14-23-20(25)13-16-11-18-8-9-19(12-16)24-18;/h4-7,16,18-19,24H,2-3,8-14H2,1H3,(H,22,26)(H,23,25);1H. The summed E-state index contributed by atoms with van der Waals surface area (Å²) < 4.78 is 0. The van der Waals surface area contributed by atoms with Crippen molar-refractivity contribution in [1.29, 1.82) is 0 Å². The summed E-state index contributed by atoms with van der Waals surface area (Å²) in [6.07, 6.45) is 7.48. The van der Waals surface area contributed by atoms with Gasteiger partial charge in [0.2, 0.25) is 5.91 Å². The van der Waals surface area contributed by atoms with E-state index in [4.69, 9.17) is 0 Å². The molecule has 2 fully saturated rings. The Kier molecular flexibility index (Phi) is 8.58. The second-order valence-corrected chi connectivity index (χ2v) is 7.76. The van der Waals surface area contributed by atoms with E-state index < -0.39 is 0 Å². The first kappa shape index (κ1) is 21.7. The Morgan fingerprint density at radius 2 is 1.74 bits per heavy atom. The van der Waals surface area contributed by atoms with Gasteiger partial charge >= 0.3 is 0 Å². The fourth-order valence-electron chi connectivity index (χ4n) is 4.13. The molecule has 150 valence electrons. The second kappa shape index (κ2) is 10.7. The van der Waals surface area contributed by atoms with Crippen LogP contribution in [0.5, 0.6) is 0 Å². The summed E-state index contributed by atoms with van der Waals surface area (Å²) in [5.74, 6) is 0.621. The number of nitrogens with one attached hydrogen (secondary N) is 3. The van der Waals surface area contributed by atoms with E-state index in [0.29, 0.717) is 43.1 Å². The lowest BCUT2D eigenvalue weighted by atomic mass is 9.89. The van der Waals surface area contributed by atoms with E-state index in [1.807, 2.05) is 24.3 Å². The third-order valence-corrected chi connectivity index (χ3v) is 5.57. The Hall–Kier alpha value is -1.59. The maximum absolute atomic E-state index is 12.2. The summed E-state index contributed by atoms with van der Waals surface area (Å²) in [7, 11) is 0. The molecular formula is C21H32ClN3O2. The Balaban J connectivity index is 0.00000261. The maximum atomic E-state index is 12.2. The van der Waals surface area contributed by atoms with Crippen molar-refractivity contribution in [2.24, 2.45) is 5.92 Å². The Labute approximate surface area is 168 Å². The first-order valence-corrected chi connectivity index (χ1v) is 10.0. The zero-order chi connectivity index (χ0) is 18.4. The van der Waals surface area contributed by atoms with Crippen LogP contribution in [-0.2, 0) is 11.3 Å². The van der Waals surface area contributed by atoms with Gasteiger partial charge in [0.25, 0.3) is 5.91 Å². The van der Waals surface area contributed by atoms with Crippen molar-refractivity contribution in [2.45, 2.75) is 70.5 Å². The molecule has 0 spiro atoms. The van der Waals surface area contributed by atoms with Gasteiger partial charge in [-0.05, 0) is 55.7 Å². The normalized spacial score (nSPS) is 23.4. The van der Waals surface area contributed by atoms with Crippen molar-refractivity contribution < 1.29 is 9.59 Å². The average Bonchev–Trinajstić information content (AvgIpc) is 2.99. The highest BCUT2D eigenvalue weighted by atomic mass is 35.5. The molecule has 6 heteroatoms. The lowest BCUT2D eigenvalue weighted by Gasteiger charge is -2.28. The number of piperidine rings is 1. The number of fused-ring (bicyclic) bond motifs is 2. The van der Waals surface area contributed by atoms with Crippen LogP contribution < -0.4 is 16.0 Å². The van der Waals surface area contributed by atoms with Crippen LogP contribution in [0, 0.1) is 5.92 Å². The maximum Gasteiger partial charge on any atom is 0.251 e. The minimum Gasteiger partial charge on any atom is -0.352 e. The molecule has 2 unspecified atom stereocenters. The molecule has 2 bridgehead atoms. The molecule has 0 saturated carbocycles. The van der Waals surface area contributed by atoms with Crippen LogP contribution >= 0.6 is 12.4 Å². The average molecular weight is 394 g/mol. The molecule has 2 aliphatic heterocycles. The fourth-order valence-corrected chi connectivity index (χ4v) is 4.13. The highest BCUT2D eigenvalue weighted by Gasteiger charge is 2.34. The summed E-state index contributed by atoms with van der Waals surface area (Å²) in [6.45, 7) is 3.34. The SMILES string of the molecule is CCCCNC(=O)c1ccc(CNC(=O)CC2CC3CCC(C2)N3)cc1.Cl. The van der Waals surface area contributed by atoms with Crippen LogP contribution in [-0.4, -0.2) is 30.4 Å². The lowest BCUT2D eigenvalue weighted by Crippen LogP contribution is -2.39. The molecule has 1 aromatic rings. The highest BCUT2D eigenvalue weighted by molar-refractivity contribution is 5.94. The number of hydrogen-bond acceptors (Lipinski definition) is 3. The van der Waals surface area contributed by atoms with E-state index in [-0.39, 0.29) is 24.2 Å². The van der Waals surface area contributed by atoms with E-state index >= 15 is 0 Å². The lowest BCUT2D eigenvalue weighted by molar-refractivity contribution is -0.122. The van der Waals surface area contributed by atoms with Crippen molar-refractivity contribution in [3.63, 3.8) is 0 Å². The summed E-state index contributed by atoms with van der Waals surface area (Å²) in [5, 5.41) is 9.56. The molecule has 2 amide bonds. The molecule has 1 aromatic carbocycles. The summed E-state index contributed by atoms with van der Waals surface area (Å²) in [5.41, 5.74) is 1.69. The van der Waals surface area contributed by atoms with Gasteiger partial charge in [-0.1, -0.05) is 25.5 Å². The smallest absolute Gasteiger partial charge is 0.251 e. The third kappa shape index (κ3) is 6.51. The third-order valence-electron chi connectivity index (χ3n) is 5.57. The summed E-state index contributed by atoms with van der Waals surface area (Å²) in [4.78, 5) is 24.2. The van der Waals surface area contributed by atoms with Crippen LogP contribution in [0.15, 0.2) is 24.3 Å². The number of carbonyl (C=O) groups is 2. The van der Waals surface area contributed by atoms with Crippen LogP contribution in [0.3, 0.4) is 0 Å². The molecule has 3 rings (SSSR count). The van der Waals surface area contributed by atoms with E-state index in [1.54, 1.807) is 0 Å². The van der Waals surface area contributed by atoms with E-state index in [0.717, 1.165) is 31.2 Å². The van der Waals surface area contributed by atoms with Gasteiger partial charge in [-0.25, -0.2) is 0 Å². The zero-order valence-electron chi connectivity index (χ0n) is 16.1. The predicted octanol–water partition coefficient (Wildman–Crippen LogP) is 3.18. The van der Waals surface area contributed by atoms with Crippen molar-refractivity contribution in [3.05, 3.63) is 35.4 Å². The molecule has 0 aromatic heterocycles. The van der Waals surface area contributed by atoms with Gasteiger partial charge in [0.15, 0.2) is 0 Å². The number of amides is 2. The molecule has 0 radical (unpaired) electrons. The van der Waals surface area contributed by atoms with Gasteiger partial charge < -0.3 is 16.0 Å². The zero-order valence-corrected chi connectivity index (χ0v) is 16.9. The van der Waals surface area contributed by atoms with Crippen LogP contribution in [0.4, 0.5) is 0 Å². The molecule has 2 atom stereocenters.